The largest absolute Gasteiger partial charge is 0.496 e. The van der Waals surface area contributed by atoms with Gasteiger partial charge in [0.25, 0.3) is 5.91 Å². The zero-order chi connectivity index (χ0) is 18.1. The Hall–Kier alpha value is -2.54. The van der Waals surface area contributed by atoms with Crippen molar-refractivity contribution < 1.29 is 19.0 Å². The number of benzene rings is 1. The molecule has 7 heteroatoms. The number of hydrogen-bond acceptors (Lipinski definition) is 5. The molecule has 1 aromatic heterocycles. The lowest BCUT2D eigenvalue weighted by atomic mass is 10.1. The minimum Gasteiger partial charge on any atom is -0.496 e. The molecule has 1 aromatic carbocycles. The second-order valence-electron chi connectivity index (χ2n) is 6.72. The Labute approximate surface area is 152 Å². The third-order valence-corrected chi connectivity index (χ3v) is 4.92. The van der Waals surface area contributed by atoms with Crippen LogP contribution in [0.25, 0.3) is 0 Å². The standard InChI is InChI=1S/C19H23N3O4/c1-24-14-9-16(18-20-7-8-21-18)22(11-14)19(23)15-6-5-13(10-17(15)25-2)26-12-3-4-12/h5-8,10,12,14,16H,3-4,9,11H2,1-2H3,(H,20,21)/t14-,16?/m1/s1. The van der Waals surface area contributed by atoms with Gasteiger partial charge in [0, 0.05) is 38.5 Å². The Morgan fingerprint density at radius 2 is 2.12 bits per heavy atom. The van der Waals surface area contributed by atoms with Gasteiger partial charge in [-0.1, -0.05) is 0 Å². The van der Waals surface area contributed by atoms with Gasteiger partial charge in [-0.25, -0.2) is 4.98 Å². The third-order valence-electron chi connectivity index (χ3n) is 4.92. The Bertz CT molecular complexity index is 773. The number of amides is 1. The molecule has 0 radical (unpaired) electrons. The highest BCUT2D eigenvalue weighted by atomic mass is 16.5. The van der Waals surface area contributed by atoms with Crippen molar-refractivity contribution in [1.82, 2.24) is 14.9 Å². The van der Waals surface area contributed by atoms with Crippen LogP contribution in [0.1, 0.15) is 41.5 Å². The van der Waals surface area contributed by atoms with Crippen LogP contribution in [0.2, 0.25) is 0 Å². The Kier molecular flexibility index (Phi) is 4.55. The molecule has 138 valence electrons. The molecular formula is C19H23N3O4. The summed E-state index contributed by atoms with van der Waals surface area (Å²) in [4.78, 5) is 22.5. The summed E-state index contributed by atoms with van der Waals surface area (Å²) in [6.07, 6.45) is 6.62. The van der Waals surface area contributed by atoms with E-state index in [9.17, 15) is 4.79 Å². The molecule has 1 saturated carbocycles. The molecule has 1 N–H and O–H groups in total. The van der Waals surface area contributed by atoms with Gasteiger partial charge in [0.2, 0.25) is 0 Å². The number of hydrogen-bond donors (Lipinski definition) is 1. The topological polar surface area (TPSA) is 76.7 Å². The van der Waals surface area contributed by atoms with Gasteiger partial charge in [-0.2, -0.15) is 0 Å². The van der Waals surface area contributed by atoms with Gasteiger partial charge in [-0.15, -0.1) is 0 Å². The van der Waals surface area contributed by atoms with E-state index in [4.69, 9.17) is 14.2 Å². The van der Waals surface area contributed by atoms with Gasteiger partial charge in [-0.05, 0) is 25.0 Å². The second kappa shape index (κ2) is 6.99. The first kappa shape index (κ1) is 16.9. The van der Waals surface area contributed by atoms with Crippen molar-refractivity contribution >= 4 is 5.91 Å². The fraction of sp³-hybridized carbons (Fsp3) is 0.474. The van der Waals surface area contributed by atoms with Crippen LogP contribution < -0.4 is 9.47 Å². The lowest BCUT2D eigenvalue weighted by molar-refractivity contribution is 0.0681. The predicted molar refractivity (Wildman–Crippen MR) is 94.4 cm³/mol. The highest BCUT2D eigenvalue weighted by Crippen LogP contribution is 2.36. The SMILES string of the molecule is COc1cc(OC2CC2)ccc1C(=O)N1C[C@H](OC)CC1c1ncc[nH]1. The molecule has 1 saturated heterocycles. The van der Waals surface area contributed by atoms with E-state index in [1.807, 2.05) is 6.07 Å². The minimum absolute atomic E-state index is 0.0162. The summed E-state index contributed by atoms with van der Waals surface area (Å²) in [6.45, 7) is 0.518. The molecule has 1 amide bonds. The van der Waals surface area contributed by atoms with Gasteiger partial charge in [0.15, 0.2) is 0 Å². The van der Waals surface area contributed by atoms with Crippen LogP contribution in [0.4, 0.5) is 0 Å². The molecule has 2 atom stereocenters. The van der Waals surface area contributed by atoms with E-state index in [-0.39, 0.29) is 18.1 Å². The number of carbonyl (C=O) groups is 1. The van der Waals surface area contributed by atoms with E-state index in [0.717, 1.165) is 24.4 Å². The van der Waals surface area contributed by atoms with Crippen molar-refractivity contribution in [2.24, 2.45) is 0 Å². The maximum Gasteiger partial charge on any atom is 0.258 e. The number of carbonyl (C=O) groups excluding carboxylic acids is 1. The van der Waals surface area contributed by atoms with Crippen LogP contribution in [-0.2, 0) is 4.74 Å². The number of nitrogens with one attached hydrogen (secondary N) is 1. The average Bonchev–Trinajstić information content (AvgIpc) is 3.15. The van der Waals surface area contributed by atoms with Crippen LogP contribution in [0.5, 0.6) is 11.5 Å². The minimum atomic E-state index is -0.144. The van der Waals surface area contributed by atoms with Crippen LogP contribution >= 0.6 is 0 Å². The van der Waals surface area contributed by atoms with Gasteiger partial charge >= 0.3 is 0 Å². The van der Waals surface area contributed by atoms with Crippen LogP contribution in [0.3, 0.4) is 0 Å². The van der Waals surface area contributed by atoms with Crippen molar-refractivity contribution in [3.05, 3.63) is 42.0 Å². The van der Waals surface area contributed by atoms with Crippen molar-refractivity contribution in [2.45, 2.75) is 37.5 Å². The Morgan fingerprint density at radius 1 is 1.27 bits per heavy atom. The zero-order valence-corrected chi connectivity index (χ0v) is 15.0. The first-order valence-corrected chi connectivity index (χ1v) is 8.87. The molecule has 2 fully saturated rings. The quantitative estimate of drug-likeness (QED) is 0.860. The monoisotopic (exact) mass is 357 g/mol. The summed E-state index contributed by atoms with van der Waals surface area (Å²) in [5, 5.41) is 0. The van der Waals surface area contributed by atoms with Gasteiger partial charge < -0.3 is 24.1 Å². The Morgan fingerprint density at radius 3 is 2.77 bits per heavy atom. The lowest BCUT2D eigenvalue weighted by Crippen LogP contribution is -2.32. The number of aromatic amines is 1. The molecule has 0 bridgehead atoms. The zero-order valence-electron chi connectivity index (χ0n) is 15.0. The van der Waals surface area contributed by atoms with Gasteiger partial charge in [0.1, 0.15) is 17.3 Å². The number of rotatable bonds is 6. The molecule has 1 unspecified atom stereocenters. The maximum absolute atomic E-state index is 13.2. The van der Waals surface area contributed by atoms with Crippen molar-refractivity contribution in [3.63, 3.8) is 0 Å². The first-order chi connectivity index (χ1) is 12.7. The molecule has 2 heterocycles. The van der Waals surface area contributed by atoms with E-state index in [1.54, 1.807) is 43.6 Å². The predicted octanol–water partition coefficient (Wildman–Crippen LogP) is 2.56. The van der Waals surface area contributed by atoms with Crippen molar-refractivity contribution in [2.75, 3.05) is 20.8 Å². The van der Waals surface area contributed by atoms with E-state index < -0.39 is 0 Å². The molecule has 0 spiro atoms. The number of methoxy groups -OCH3 is 2. The lowest BCUT2D eigenvalue weighted by Gasteiger charge is -2.24. The normalized spacial score (nSPS) is 22.5. The second-order valence-corrected chi connectivity index (χ2v) is 6.72. The number of ether oxygens (including phenoxy) is 3. The molecule has 1 aliphatic heterocycles. The van der Waals surface area contributed by atoms with E-state index >= 15 is 0 Å². The molecule has 7 nitrogen and oxygen atoms in total. The number of likely N-dealkylation sites (tertiary alicyclic amines) is 1. The van der Waals surface area contributed by atoms with Crippen molar-refractivity contribution in [1.29, 1.82) is 0 Å². The highest BCUT2D eigenvalue weighted by Gasteiger charge is 2.39. The van der Waals surface area contributed by atoms with E-state index in [1.165, 1.54) is 0 Å². The van der Waals surface area contributed by atoms with E-state index in [2.05, 4.69) is 9.97 Å². The number of nitrogens with zero attached hydrogens (tertiary/aromatic N) is 2. The fourth-order valence-electron chi connectivity index (χ4n) is 3.37. The first-order valence-electron chi connectivity index (χ1n) is 8.87. The number of aromatic nitrogens is 2. The average molecular weight is 357 g/mol. The van der Waals surface area contributed by atoms with Crippen molar-refractivity contribution in [3.8, 4) is 11.5 Å². The summed E-state index contributed by atoms with van der Waals surface area (Å²) in [6, 6.07) is 5.25. The van der Waals surface area contributed by atoms with Crippen LogP contribution in [0.15, 0.2) is 30.6 Å². The van der Waals surface area contributed by atoms with Gasteiger partial charge in [-0.3, -0.25) is 4.79 Å². The Balaban J connectivity index is 1.60. The maximum atomic E-state index is 13.2. The smallest absolute Gasteiger partial charge is 0.258 e. The third kappa shape index (κ3) is 3.26. The highest BCUT2D eigenvalue weighted by molar-refractivity contribution is 5.97. The molecule has 4 rings (SSSR count). The van der Waals surface area contributed by atoms with Gasteiger partial charge in [0.05, 0.1) is 30.9 Å². The summed E-state index contributed by atoms with van der Waals surface area (Å²) in [5.74, 6) is 1.93. The molecular weight excluding hydrogens is 334 g/mol. The molecule has 26 heavy (non-hydrogen) atoms. The fourth-order valence-corrected chi connectivity index (χ4v) is 3.37. The summed E-state index contributed by atoms with van der Waals surface area (Å²) >= 11 is 0. The van der Waals surface area contributed by atoms with Crippen LogP contribution in [0, 0.1) is 0 Å². The molecule has 2 aromatic rings. The summed E-state index contributed by atoms with van der Waals surface area (Å²) in [5.41, 5.74) is 0.518. The van der Waals surface area contributed by atoms with Crippen LogP contribution in [-0.4, -0.2) is 53.7 Å². The van der Waals surface area contributed by atoms with E-state index in [0.29, 0.717) is 30.4 Å². The molecule has 2 aliphatic rings. The summed E-state index contributed by atoms with van der Waals surface area (Å²) in [7, 11) is 3.24. The number of imidazole rings is 1. The molecule has 1 aliphatic carbocycles. The summed E-state index contributed by atoms with van der Waals surface area (Å²) < 4.78 is 16.8. The number of H-pyrrole nitrogens is 1.